The van der Waals surface area contributed by atoms with E-state index in [0.717, 1.165) is 16.3 Å². The predicted molar refractivity (Wildman–Crippen MR) is 89.7 cm³/mol. The molecule has 0 aliphatic rings. The van der Waals surface area contributed by atoms with Crippen LogP contribution in [0.3, 0.4) is 0 Å². The number of nitrogens with one attached hydrogen (secondary N) is 1. The van der Waals surface area contributed by atoms with E-state index in [-0.39, 0.29) is 6.54 Å². The highest BCUT2D eigenvalue weighted by atomic mass is 32.2. The first-order chi connectivity index (χ1) is 10.6. The van der Waals surface area contributed by atoms with E-state index in [1.54, 1.807) is 17.5 Å². The summed E-state index contributed by atoms with van der Waals surface area (Å²) in [5.41, 5.74) is 1.22. The lowest BCUT2D eigenvalue weighted by molar-refractivity contribution is 0.583. The average molecular weight is 350 g/mol. The molecule has 0 unspecified atom stereocenters. The molecule has 0 aliphatic heterocycles. The van der Waals surface area contributed by atoms with Crippen LogP contribution < -0.4 is 4.72 Å². The van der Waals surface area contributed by atoms with E-state index in [1.165, 1.54) is 28.2 Å². The molecule has 4 nitrogen and oxygen atoms in total. The Labute approximate surface area is 137 Å². The van der Waals surface area contributed by atoms with E-state index in [4.69, 9.17) is 0 Å². The topological polar surface area (TPSA) is 59.1 Å². The van der Waals surface area contributed by atoms with Crippen molar-refractivity contribution in [2.24, 2.45) is 0 Å². The van der Waals surface area contributed by atoms with Crippen LogP contribution in [0.15, 0.2) is 58.3 Å². The van der Waals surface area contributed by atoms with Crippen LogP contribution >= 0.6 is 22.7 Å². The molecule has 3 rings (SSSR count). The monoisotopic (exact) mass is 350 g/mol. The van der Waals surface area contributed by atoms with Gasteiger partial charge in [0.05, 0.1) is 6.54 Å². The van der Waals surface area contributed by atoms with Crippen molar-refractivity contribution in [3.8, 4) is 0 Å². The Balaban J connectivity index is 1.63. The molecular formula is C15H14N2O2S3. The SMILES string of the molecule is O=S(=O)(NCc1ncc(Cc2ccccc2)s1)c1cccs1. The zero-order valence-electron chi connectivity index (χ0n) is 11.6. The molecule has 0 saturated heterocycles. The van der Waals surface area contributed by atoms with Gasteiger partial charge in [0.15, 0.2) is 0 Å². The lowest BCUT2D eigenvalue weighted by Gasteiger charge is -2.01. The highest BCUT2D eigenvalue weighted by Gasteiger charge is 2.15. The highest BCUT2D eigenvalue weighted by molar-refractivity contribution is 7.91. The fourth-order valence-electron chi connectivity index (χ4n) is 1.95. The maximum atomic E-state index is 12.0. The number of nitrogens with zero attached hydrogens (tertiary/aromatic N) is 1. The molecule has 0 amide bonds. The molecule has 114 valence electrons. The van der Waals surface area contributed by atoms with Crippen LogP contribution in [-0.4, -0.2) is 13.4 Å². The molecule has 2 aromatic heterocycles. The largest absolute Gasteiger partial charge is 0.250 e. The Morgan fingerprint density at radius 3 is 2.64 bits per heavy atom. The van der Waals surface area contributed by atoms with Gasteiger partial charge in [-0.05, 0) is 17.0 Å². The number of rotatable bonds is 6. The number of aromatic nitrogens is 1. The van der Waals surface area contributed by atoms with Crippen molar-refractivity contribution in [1.82, 2.24) is 9.71 Å². The molecule has 1 aromatic carbocycles. The summed E-state index contributed by atoms with van der Waals surface area (Å²) >= 11 is 2.74. The number of hydrogen-bond acceptors (Lipinski definition) is 5. The molecule has 22 heavy (non-hydrogen) atoms. The van der Waals surface area contributed by atoms with Gasteiger partial charge in [0.25, 0.3) is 0 Å². The second-order valence-corrected chi connectivity index (χ2v) is 8.78. The van der Waals surface area contributed by atoms with Crippen LogP contribution in [0.1, 0.15) is 15.4 Å². The van der Waals surface area contributed by atoms with Gasteiger partial charge in [-0.15, -0.1) is 22.7 Å². The lowest BCUT2D eigenvalue weighted by atomic mass is 10.1. The molecule has 1 N–H and O–H groups in total. The minimum atomic E-state index is -3.43. The summed E-state index contributed by atoms with van der Waals surface area (Å²) in [5, 5.41) is 2.52. The molecule has 0 bridgehead atoms. The minimum Gasteiger partial charge on any atom is -0.248 e. The van der Waals surface area contributed by atoms with E-state index in [9.17, 15) is 8.42 Å². The Morgan fingerprint density at radius 2 is 1.91 bits per heavy atom. The van der Waals surface area contributed by atoms with Crippen molar-refractivity contribution in [3.63, 3.8) is 0 Å². The number of thiophene rings is 1. The quantitative estimate of drug-likeness (QED) is 0.742. The fraction of sp³-hybridized carbons (Fsp3) is 0.133. The second-order valence-electron chi connectivity index (χ2n) is 4.64. The van der Waals surface area contributed by atoms with Crippen molar-refractivity contribution in [1.29, 1.82) is 0 Å². The third-order valence-corrected chi connectivity index (χ3v) is 6.79. The van der Waals surface area contributed by atoms with Gasteiger partial charge in [-0.1, -0.05) is 36.4 Å². The first-order valence-corrected chi connectivity index (χ1v) is 9.82. The maximum Gasteiger partial charge on any atom is 0.250 e. The van der Waals surface area contributed by atoms with Gasteiger partial charge in [0.2, 0.25) is 10.0 Å². The zero-order chi connectivity index (χ0) is 15.4. The Morgan fingerprint density at radius 1 is 1.09 bits per heavy atom. The summed E-state index contributed by atoms with van der Waals surface area (Å²) in [6, 6.07) is 13.5. The van der Waals surface area contributed by atoms with Crippen molar-refractivity contribution >= 4 is 32.7 Å². The third kappa shape index (κ3) is 3.80. The van der Waals surface area contributed by atoms with Gasteiger partial charge in [-0.2, -0.15) is 0 Å². The average Bonchev–Trinajstić information content (AvgIpc) is 3.18. The Hall–Kier alpha value is -1.54. The summed E-state index contributed by atoms with van der Waals surface area (Å²) in [6.07, 6.45) is 2.63. The van der Waals surface area contributed by atoms with Crippen LogP contribution in [0.5, 0.6) is 0 Å². The molecule has 7 heteroatoms. The normalized spacial score (nSPS) is 11.6. The molecule has 0 aliphatic carbocycles. The first-order valence-electron chi connectivity index (χ1n) is 6.64. The third-order valence-electron chi connectivity index (χ3n) is 3.00. The molecule has 0 fully saturated rings. The number of benzene rings is 1. The van der Waals surface area contributed by atoms with Gasteiger partial charge in [0, 0.05) is 17.5 Å². The van der Waals surface area contributed by atoms with Crippen molar-refractivity contribution in [2.45, 2.75) is 17.2 Å². The van der Waals surface area contributed by atoms with Crippen LogP contribution in [0.25, 0.3) is 0 Å². The number of thiazole rings is 1. The molecular weight excluding hydrogens is 336 g/mol. The highest BCUT2D eigenvalue weighted by Crippen LogP contribution is 2.19. The van der Waals surface area contributed by atoms with Crippen LogP contribution in [0, 0.1) is 0 Å². The van der Waals surface area contributed by atoms with E-state index in [1.807, 2.05) is 24.4 Å². The Bertz CT molecular complexity index is 825. The van der Waals surface area contributed by atoms with Crippen molar-refractivity contribution in [3.05, 3.63) is 69.5 Å². The predicted octanol–water partition coefficient (Wildman–Crippen LogP) is 3.27. The summed E-state index contributed by atoms with van der Waals surface area (Å²) in [5.74, 6) is 0. The molecule has 0 spiro atoms. The molecule has 0 atom stereocenters. The number of hydrogen-bond donors (Lipinski definition) is 1. The molecule has 0 saturated carbocycles. The molecule has 0 radical (unpaired) electrons. The molecule has 3 aromatic rings. The second kappa shape index (κ2) is 6.70. The maximum absolute atomic E-state index is 12.0. The van der Waals surface area contributed by atoms with E-state index in [0.29, 0.717) is 4.21 Å². The van der Waals surface area contributed by atoms with Crippen molar-refractivity contribution < 1.29 is 8.42 Å². The molecule has 2 heterocycles. The zero-order valence-corrected chi connectivity index (χ0v) is 14.0. The summed E-state index contributed by atoms with van der Waals surface area (Å²) in [4.78, 5) is 5.41. The van der Waals surface area contributed by atoms with Crippen LogP contribution in [0.4, 0.5) is 0 Å². The minimum absolute atomic E-state index is 0.222. The first kappa shape index (κ1) is 15.4. The smallest absolute Gasteiger partial charge is 0.248 e. The van der Waals surface area contributed by atoms with Gasteiger partial charge in [-0.25, -0.2) is 18.1 Å². The van der Waals surface area contributed by atoms with Gasteiger partial charge in [-0.3, -0.25) is 0 Å². The lowest BCUT2D eigenvalue weighted by Crippen LogP contribution is -2.22. The summed E-state index contributed by atoms with van der Waals surface area (Å²) in [7, 11) is -3.43. The summed E-state index contributed by atoms with van der Waals surface area (Å²) in [6.45, 7) is 0.222. The van der Waals surface area contributed by atoms with Crippen molar-refractivity contribution in [2.75, 3.05) is 0 Å². The van der Waals surface area contributed by atoms with Crippen LogP contribution in [-0.2, 0) is 23.0 Å². The van der Waals surface area contributed by atoms with Crippen LogP contribution in [0.2, 0.25) is 0 Å². The Kier molecular flexibility index (Phi) is 4.68. The van der Waals surface area contributed by atoms with E-state index >= 15 is 0 Å². The van der Waals surface area contributed by atoms with E-state index < -0.39 is 10.0 Å². The standard InChI is InChI=1S/C15H14N2O2S3/c18-22(19,15-7-4-8-20-15)17-11-14-16-10-13(21-14)9-12-5-2-1-3-6-12/h1-8,10,17H,9,11H2. The fourth-order valence-corrected chi connectivity index (χ4v) is 4.97. The van der Waals surface area contributed by atoms with Gasteiger partial charge in [0.1, 0.15) is 9.22 Å². The number of sulfonamides is 1. The van der Waals surface area contributed by atoms with E-state index in [2.05, 4.69) is 21.8 Å². The summed E-state index contributed by atoms with van der Waals surface area (Å²) < 4.78 is 27.0. The van der Waals surface area contributed by atoms with Gasteiger partial charge >= 0.3 is 0 Å². The van der Waals surface area contributed by atoms with Gasteiger partial charge < -0.3 is 0 Å².